The number of benzene rings is 9. The van der Waals surface area contributed by atoms with Gasteiger partial charge in [-0.25, -0.2) is 0 Å². The van der Waals surface area contributed by atoms with E-state index in [1.165, 1.54) is 19.4 Å². The van der Waals surface area contributed by atoms with Crippen LogP contribution >= 0.6 is 0 Å². The van der Waals surface area contributed by atoms with Gasteiger partial charge in [0.05, 0.1) is 0 Å². The van der Waals surface area contributed by atoms with Crippen LogP contribution in [0.15, 0.2) is 218 Å². The lowest BCUT2D eigenvalue weighted by atomic mass is 10.0. The van der Waals surface area contributed by atoms with E-state index in [1.54, 1.807) is 146 Å². The Labute approximate surface area is 432 Å². The lowest BCUT2D eigenvalue weighted by Gasteiger charge is -2.09. The Bertz CT molecular complexity index is 3320. The molecule has 0 fully saturated rings. The number of ether oxygens (including phenoxy) is 4. The van der Waals surface area contributed by atoms with Crippen LogP contribution < -0.4 is 18.9 Å². The molecule has 0 saturated heterocycles. The van der Waals surface area contributed by atoms with Gasteiger partial charge in [-0.3, -0.25) is 24.0 Å². The smallest absolute Gasteiger partial charge is 0.193 e. The number of aryl methyl sites for hydroxylation is 2. The van der Waals surface area contributed by atoms with E-state index in [4.69, 9.17) is 18.9 Å². The van der Waals surface area contributed by atoms with Crippen molar-refractivity contribution in [3.63, 3.8) is 0 Å². The second kappa shape index (κ2) is 25.1. The average Bonchev–Trinajstić information content (AvgIpc) is 3.41. The maximum absolute atomic E-state index is 13.0. The summed E-state index contributed by atoms with van der Waals surface area (Å²) < 4.78 is 23.5. The van der Waals surface area contributed by atoms with E-state index in [0.29, 0.717) is 73.3 Å². The van der Waals surface area contributed by atoms with E-state index < -0.39 is 0 Å². The minimum absolute atomic E-state index is 0. The molecule has 9 nitrogen and oxygen atoms in total. The van der Waals surface area contributed by atoms with Gasteiger partial charge in [0.25, 0.3) is 0 Å². The molecule has 0 aliphatic carbocycles. The van der Waals surface area contributed by atoms with Crippen LogP contribution in [0.3, 0.4) is 0 Å². The standard InChI is InChI=1S/C35H26O5.C28H22O4.2CH4/c1-23-3-15-30(16-4-23)39-31-17-11-28(12-18-31)35(38)29-13-21-33(22-14-29)40-32-19-9-27(10-20-32)34(37)26-7-5-25(6-8-26)24(2)36;1-19-3-11-24(12-4-19)31-26-15-17-27(18-16-26)32-25-13-9-23(10-14-25)28(30)22-7-5-21(6-8-22)20(2)29;;/h3-22H,1-2H3;3-18H,1-2H3;2*1H4. The first-order valence-corrected chi connectivity index (χ1v) is 23.0. The van der Waals surface area contributed by atoms with Gasteiger partial charge in [0.2, 0.25) is 0 Å². The zero-order valence-corrected chi connectivity index (χ0v) is 40.0. The van der Waals surface area contributed by atoms with Crippen molar-refractivity contribution >= 4 is 28.9 Å². The molecule has 9 aromatic rings. The summed E-state index contributed by atoms with van der Waals surface area (Å²) >= 11 is 0. The molecule has 0 bridgehead atoms. The molecule has 0 saturated carbocycles. The molecule has 370 valence electrons. The molecule has 9 rings (SSSR count). The second-order valence-corrected chi connectivity index (χ2v) is 16.9. The predicted octanol–water partition coefficient (Wildman–Crippen LogP) is 16.5. The summed E-state index contributed by atoms with van der Waals surface area (Å²) in [4.78, 5) is 61.2. The maximum atomic E-state index is 13.0. The molecule has 0 heterocycles. The van der Waals surface area contributed by atoms with Crippen molar-refractivity contribution in [2.24, 2.45) is 0 Å². The van der Waals surface area contributed by atoms with Gasteiger partial charge in [-0.2, -0.15) is 0 Å². The van der Waals surface area contributed by atoms with Gasteiger partial charge in [-0.05, 0) is 173 Å². The highest BCUT2D eigenvalue weighted by molar-refractivity contribution is 6.10. The summed E-state index contributed by atoms with van der Waals surface area (Å²) in [7, 11) is 0. The molecule has 9 aromatic carbocycles. The number of hydrogen-bond acceptors (Lipinski definition) is 9. The van der Waals surface area contributed by atoms with E-state index in [-0.39, 0.29) is 43.8 Å². The molecule has 0 aliphatic heterocycles. The number of carbonyl (C=O) groups is 5. The molecule has 0 atom stereocenters. The van der Waals surface area contributed by atoms with Gasteiger partial charge in [0.1, 0.15) is 46.0 Å². The summed E-state index contributed by atoms with van der Waals surface area (Å²) in [6, 6.07) is 64.0. The van der Waals surface area contributed by atoms with Gasteiger partial charge in [-0.1, -0.05) is 98.8 Å². The summed E-state index contributed by atoms with van der Waals surface area (Å²) in [5, 5.41) is 0. The Hall–Kier alpha value is -9.47. The van der Waals surface area contributed by atoms with Crippen LogP contribution in [-0.2, 0) is 0 Å². The number of rotatable bonds is 16. The molecule has 9 heteroatoms. The first-order chi connectivity index (χ1) is 34.8. The largest absolute Gasteiger partial charge is 0.457 e. The zero-order valence-electron chi connectivity index (χ0n) is 40.0. The molecular formula is C65H56O9. The molecule has 0 aliphatic rings. The van der Waals surface area contributed by atoms with Gasteiger partial charge in [0.15, 0.2) is 28.9 Å². The first-order valence-electron chi connectivity index (χ1n) is 23.0. The monoisotopic (exact) mass is 980 g/mol. The van der Waals surface area contributed by atoms with Crippen LogP contribution in [-0.4, -0.2) is 28.9 Å². The normalized spacial score (nSPS) is 10.2. The Morgan fingerprint density at radius 1 is 0.230 bits per heavy atom. The summed E-state index contributed by atoms with van der Waals surface area (Å²) in [5.74, 6) is 4.89. The lowest BCUT2D eigenvalue weighted by Crippen LogP contribution is -2.02. The molecular weight excluding hydrogens is 925 g/mol. The summed E-state index contributed by atoms with van der Waals surface area (Å²) in [5.41, 5.74) is 6.69. The number of Topliss-reactive ketones (excluding diaryl/α,β-unsaturated/α-hetero) is 2. The lowest BCUT2D eigenvalue weighted by molar-refractivity contribution is 0.100. The highest BCUT2D eigenvalue weighted by atomic mass is 16.5. The number of ketones is 5. The Balaban J connectivity index is 0.000000240. The van der Waals surface area contributed by atoms with Gasteiger partial charge < -0.3 is 18.9 Å². The zero-order chi connectivity index (χ0) is 50.6. The average molecular weight is 981 g/mol. The topological polar surface area (TPSA) is 122 Å². The van der Waals surface area contributed by atoms with E-state index in [1.807, 2.05) is 86.6 Å². The molecule has 74 heavy (non-hydrogen) atoms. The van der Waals surface area contributed by atoms with Crippen molar-refractivity contribution in [1.29, 1.82) is 0 Å². The highest BCUT2D eigenvalue weighted by Gasteiger charge is 2.14. The number of hydrogen-bond donors (Lipinski definition) is 0. The van der Waals surface area contributed by atoms with Gasteiger partial charge in [-0.15, -0.1) is 0 Å². The predicted molar refractivity (Wildman–Crippen MR) is 292 cm³/mol. The van der Waals surface area contributed by atoms with Crippen LogP contribution in [0.4, 0.5) is 0 Å². The van der Waals surface area contributed by atoms with Crippen LogP contribution in [0, 0.1) is 13.8 Å². The van der Waals surface area contributed by atoms with Crippen molar-refractivity contribution in [3.8, 4) is 46.0 Å². The van der Waals surface area contributed by atoms with Gasteiger partial charge in [0, 0.05) is 44.5 Å². The fraction of sp³-hybridized carbons (Fsp3) is 0.0923. The van der Waals surface area contributed by atoms with Crippen LogP contribution in [0.1, 0.15) is 108 Å². The van der Waals surface area contributed by atoms with Crippen molar-refractivity contribution in [1.82, 2.24) is 0 Å². The van der Waals surface area contributed by atoms with Gasteiger partial charge >= 0.3 is 0 Å². The molecule has 0 radical (unpaired) electrons. The highest BCUT2D eigenvalue weighted by Crippen LogP contribution is 2.29. The maximum Gasteiger partial charge on any atom is 0.193 e. The molecule has 0 spiro atoms. The van der Waals surface area contributed by atoms with Crippen molar-refractivity contribution in [3.05, 3.63) is 274 Å². The van der Waals surface area contributed by atoms with E-state index in [9.17, 15) is 24.0 Å². The van der Waals surface area contributed by atoms with Crippen molar-refractivity contribution in [2.45, 2.75) is 42.5 Å². The first kappa shape index (κ1) is 53.9. The van der Waals surface area contributed by atoms with Crippen LogP contribution in [0.2, 0.25) is 0 Å². The molecule has 0 amide bonds. The Morgan fingerprint density at radius 3 is 0.541 bits per heavy atom. The fourth-order valence-electron chi connectivity index (χ4n) is 7.24. The van der Waals surface area contributed by atoms with E-state index >= 15 is 0 Å². The Morgan fingerprint density at radius 2 is 0.365 bits per heavy atom. The quantitative estimate of drug-likeness (QED) is 0.0871. The second-order valence-electron chi connectivity index (χ2n) is 16.9. The van der Waals surface area contributed by atoms with Crippen molar-refractivity contribution in [2.75, 3.05) is 0 Å². The van der Waals surface area contributed by atoms with E-state index in [2.05, 4.69) is 0 Å². The SMILES string of the molecule is C.C.CC(=O)c1ccc(C(=O)c2ccc(Oc3ccc(C(=O)c4ccc(Oc5ccc(C)cc5)cc4)cc3)cc2)cc1.CC(=O)c1ccc(C(=O)c2ccc(Oc3ccc(Oc4ccc(C)cc4)cc3)cc2)cc1. The molecule has 0 aromatic heterocycles. The van der Waals surface area contributed by atoms with Crippen molar-refractivity contribution < 1.29 is 42.9 Å². The summed E-state index contributed by atoms with van der Waals surface area (Å²) in [6.45, 7) is 7.04. The minimum atomic E-state index is -0.140. The van der Waals surface area contributed by atoms with E-state index in [0.717, 1.165) is 22.8 Å². The molecule has 0 unspecified atom stereocenters. The Kier molecular flexibility index (Phi) is 18.3. The molecule has 0 N–H and O–H groups in total. The third kappa shape index (κ3) is 14.3. The third-order valence-electron chi connectivity index (χ3n) is 11.4. The fourth-order valence-corrected chi connectivity index (χ4v) is 7.24. The third-order valence-corrected chi connectivity index (χ3v) is 11.4. The van der Waals surface area contributed by atoms with Crippen LogP contribution in [0.5, 0.6) is 46.0 Å². The minimum Gasteiger partial charge on any atom is -0.457 e. The summed E-state index contributed by atoms with van der Waals surface area (Å²) in [6.07, 6.45) is 0. The van der Waals surface area contributed by atoms with Crippen LogP contribution in [0.25, 0.3) is 0 Å². The number of carbonyl (C=O) groups excluding carboxylic acids is 5.